The summed E-state index contributed by atoms with van der Waals surface area (Å²) in [5.74, 6) is 2.90. The lowest BCUT2D eigenvalue weighted by Gasteiger charge is -2.56. The van der Waals surface area contributed by atoms with Crippen molar-refractivity contribution in [3.05, 3.63) is 89.0 Å². The van der Waals surface area contributed by atoms with E-state index in [-0.39, 0.29) is 29.3 Å². The number of rotatable bonds is 16. The number of hydrogen-bond donors (Lipinski definition) is 5. The maximum absolute atomic E-state index is 14.6. The van der Waals surface area contributed by atoms with E-state index in [0.29, 0.717) is 49.9 Å². The molecule has 4 aliphatic rings. The van der Waals surface area contributed by atoms with Gasteiger partial charge in [-0.3, -0.25) is 9.59 Å². The molecule has 0 aliphatic heterocycles. The minimum atomic E-state index is -0.743. The molecule has 0 saturated heterocycles. The van der Waals surface area contributed by atoms with Gasteiger partial charge in [0.25, 0.3) is 0 Å². The Labute approximate surface area is 321 Å². The smallest absolute Gasteiger partial charge is 0.249 e. The van der Waals surface area contributed by atoms with E-state index in [1.807, 2.05) is 42.8 Å². The second-order valence-corrected chi connectivity index (χ2v) is 17.1. The number of fused-ring (bicyclic) bond motifs is 1. The molecule has 3 aromatic heterocycles. The third-order valence-corrected chi connectivity index (χ3v) is 12.9. The molecule has 55 heavy (non-hydrogen) atoms. The fourth-order valence-corrected chi connectivity index (χ4v) is 10.7. The van der Waals surface area contributed by atoms with E-state index in [0.717, 1.165) is 57.3 Å². The number of H-pyrrole nitrogens is 1. The highest BCUT2D eigenvalue weighted by Crippen LogP contribution is 2.61. The number of nitrogen functional groups attached to an aromatic ring is 1. The van der Waals surface area contributed by atoms with Crippen LogP contribution in [0.15, 0.2) is 59.5 Å². The number of aryl methyl sites for hydroxylation is 3. The number of nitrogens with one attached hydrogen (secondary N) is 2. The fraction of sp³-hybridized carbons (Fsp3) is 0.512. The molecule has 0 spiro atoms. The summed E-state index contributed by atoms with van der Waals surface area (Å²) in [6.45, 7) is 4.42. The Morgan fingerprint density at radius 1 is 1.07 bits per heavy atom. The first-order valence-electron chi connectivity index (χ1n) is 20.0. The van der Waals surface area contributed by atoms with Crippen LogP contribution in [0.2, 0.25) is 0 Å². The second-order valence-electron chi connectivity index (χ2n) is 17.1. The van der Waals surface area contributed by atoms with Crippen LogP contribution in [0.1, 0.15) is 97.8 Å². The number of carbonyl (C=O) groups excluding carboxylic acids is 2. The van der Waals surface area contributed by atoms with Crippen molar-refractivity contribution in [2.24, 2.45) is 34.8 Å². The van der Waals surface area contributed by atoms with Gasteiger partial charge in [-0.05, 0) is 135 Å². The van der Waals surface area contributed by atoms with Crippen molar-refractivity contribution < 1.29 is 19.2 Å². The third-order valence-electron chi connectivity index (χ3n) is 12.9. The number of nitrogens with two attached hydrogens (primary N) is 2. The largest absolute Gasteiger partial charge is 0.508 e. The lowest BCUT2D eigenvalue weighted by molar-refractivity contribution is -0.130. The molecule has 3 heterocycles. The van der Waals surface area contributed by atoms with Gasteiger partial charge in [0.1, 0.15) is 17.6 Å². The van der Waals surface area contributed by atoms with Gasteiger partial charge in [0.2, 0.25) is 11.8 Å². The predicted octanol–water partition coefficient (Wildman–Crippen LogP) is 6.44. The average molecular weight is 747 g/mol. The standard InChI is InChI=1S/C43H54N8O4/c1-25-12-32(52)13-26(2)34(25)17-30(19-38(53)35(44)7-5-10-51-11-9-46-42(51)45)40(54)48-37(18-31-24-47-36-8-4-3-6-33(31)36)41-49-39(50-55-41)23-43-20-27-14-28(21-43)16-29(15-27)22-43/h3-4,6,8-9,11-13,24,27-30,35,37,47,52H,5,7,10,14-23,44H2,1-2H3,(H2,45,46)(H,48,54)/t27?,28?,29?,30-,35-,37+,43?/m1/s1. The van der Waals surface area contributed by atoms with Crippen LogP contribution in [-0.4, -0.2) is 47.5 Å². The van der Waals surface area contributed by atoms with Gasteiger partial charge in [-0.2, -0.15) is 4.98 Å². The van der Waals surface area contributed by atoms with Crippen LogP contribution in [0.3, 0.4) is 0 Å². The predicted molar refractivity (Wildman–Crippen MR) is 210 cm³/mol. The zero-order chi connectivity index (χ0) is 38.3. The number of carbonyl (C=O) groups is 2. The highest BCUT2D eigenvalue weighted by Gasteiger charge is 2.51. The molecule has 0 radical (unpaired) electrons. The first kappa shape index (κ1) is 37.0. The highest BCUT2D eigenvalue weighted by molar-refractivity contribution is 5.90. The number of Topliss-reactive ketones (excluding diaryl/α,β-unsaturated/α-hetero) is 1. The SMILES string of the molecule is Cc1cc(O)cc(C)c1C[C@H](CC(=O)[C@H](N)CCCn1ccnc1N)C(=O)N[C@@H](Cc1c[nH]c2ccccc12)c1nc(CC23CC4CC(CC(C4)C2)C3)no1. The van der Waals surface area contributed by atoms with E-state index < -0.39 is 18.0 Å². The minimum Gasteiger partial charge on any atom is -0.508 e. The van der Waals surface area contributed by atoms with Crippen LogP contribution in [-0.2, 0) is 35.4 Å². The number of phenolic OH excluding ortho intramolecular Hbond substituents is 1. The Bertz CT molecular complexity index is 2110. The first-order chi connectivity index (χ1) is 26.5. The molecule has 4 aliphatic carbocycles. The molecule has 5 aromatic rings. The number of benzene rings is 2. The van der Waals surface area contributed by atoms with E-state index in [4.69, 9.17) is 21.0 Å². The van der Waals surface area contributed by atoms with Crippen molar-refractivity contribution in [3.63, 3.8) is 0 Å². The number of anilines is 1. The van der Waals surface area contributed by atoms with Crippen molar-refractivity contribution in [2.75, 3.05) is 5.73 Å². The Morgan fingerprint density at radius 3 is 2.47 bits per heavy atom. The highest BCUT2D eigenvalue weighted by atomic mass is 16.5. The molecule has 0 unspecified atom stereocenters. The van der Waals surface area contributed by atoms with Crippen LogP contribution in [0.5, 0.6) is 5.75 Å². The van der Waals surface area contributed by atoms with Gasteiger partial charge in [-0.15, -0.1) is 0 Å². The zero-order valence-electron chi connectivity index (χ0n) is 32.0. The van der Waals surface area contributed by atoms with Gasteiger partial charge in [-0.25, -0.2) is 4.98 Å². The molecule has 3 atom stereocenters. The minimum absolute atomic E-state index is 0.0408. The Kier molecular flexibility index (Phi) is 10.3. The summed E-state index contributed by atoms with van der Waals surface area (Å²) in [6.07, 6.45) is 15.8. The van der Waals surface area contributed by atoms with E-state index >= 15 is 0 Å². The monoisotopic (exact) mass is 746 g/mol. The molecule has 2 aromatic carbocycles. The van der Waals surface area contributed by atoms with Gasteiger partial charge in [0, 0.05) is 61.2 Å². The maximum atomic E-state index is 14.6. The Morgan fingerprint density at radius 2 is 1.78 bits per heavy atom. The lowest BCUT2D eigenvalue weighted by atomic mass is 9.49. The molecule has 12 nitrogen and oxygen atoms in total. The number of nitrogens with zero attached hydrogens (tertiary/aromatic N) is 4. The summed E-state index contributed by atoms with van der Waals surface area (Å²) >= 11 is 0. The van der Waals surface area contributed by atoms with Gasteiger partial charge >= 0.3 is 0 Å². The molecule has 12 heteroatoms. The van der Waals surface area contributed by atoms with Crippen LogP contribution < -0.4 is 16.8 Å². The third kappa shape index (κ3) is 8.06. The zero-order valence-corrected chi connectivity index (χ0v) is 32.0. The maximum Gasteiger partial charge on any atom is 0.249 e. The van der Waals surface area contributed by atoms with E-state index in [1.165, 1.54) is 38.5 Å². The molecular formula is C43H54N8O4. The Balaban J connectivity index is 1.04. The summed E-state index contributed by atoms with van der Waals surface area (Å²) in [7, 11) is 0. The van der Waals surface area contributed by atoms with Crippen molar-refractivity contribution in [3.8, 4) is 5.75 Å². The van der Waals surface area contributed by atoms with Crippen LogP contribution >= 0.6 is 0 Å². The van der Waals surface area contributed by atoms with Crippen molar-refractivity contribution in [2.45, 2.75) is 110 Å². The number of phenols is 1. The van der Waals surface area contributed by atoms with Crippen molar-refractivity contribution >= 4 is 28.5 Å². The fourth-order valence-electron chi connectivity index (χ4n) is 10.7. The van der Waals surface area contributed by atoms with Crippen LogP contribution in [0.4, 0.5) is 5.95 Å². The summed E-state index contributed by atoms with van der Waals surface area (Å²) in [4.78, 5) is 40.8. The Hall–Kier alpha value is -4.97. The molecule has 4 bridgehead atoms. The molecule has 4 fully saturated rings. The van der Waals surface area contributed by atoms with Gasteiger partial charge in [0.15, 0.2) is 11.8 Å². The summed E-state index contributed by atoms with van der Waals surface area (Å²) in [5.41, 5.74) is 17.3. The van der Waals surface area contributed by atoms with Crippen LogP contribution in [0.25, 0.3) is 10.9 Å². The molecular weight excluding hydrogens is 693 g/mol. The molecule has 4 saturated carbocycles. The topological polar surface area (TPSA) is 191 Å². The molecule has 9 rings (SSSR count). The molecule has 1 amide bonds. The van der Waals surface area contributed by atoms with E-state index in [1.54, 1.807) is 24.5 Å². The number of ketones is 1. The van der Waals surface area contributed by atoms with Gasteiger partial charge < -0.3 is 36.0 Å². The van der Waals surface area contributed by atoms with Crippen LogP contribution in [0, 0.1) is 42.9 Å². The number of aromatic hydroxyl groups is 1. The molecule has 290 valence electrons. The second kappa shape index (κ2) is 15.3. The first-order valence-corrected chi connectivity index (χ1v) is 20.0. The number of imidazole rings is 1. The number of aromatic nitrogens is 5. The lowest BCUT2D eigenvalue weighted by Crippen LogP contribution is -2.47. The van der Waals surface area contributed by atoms with Gasteiger partial charge in [-0.1, -0.05) is 23.4 Å². The number of para-hydroxylation sites is 1. The normalized spacial score (nSPS) is 23.2. The number of hydrogen-bond acceptors (Lipinski definition) is 9. The van der Waals surface area contributed by atoms with E-state index in [2.05, 4.69) is 26.5 Å². The number of amides is 1. The van der Waals surface area contributed by atoms with Gasteiger partial charge in [0.05, 0.1) is 6.04 Å². The average Bonchev–Trinajstić information content (AvgIpc) is 3.88. The van der Waals surface area contributed by atoms with Crippen molar-refractivity contribution in [1.29, 1.82) is 0 Å². The number of aromatic amines is 1. The summed E-state index contributed by atoms with van der Waals surface area (Å²) < 4.78 is 7.86. The summed E-state index contributed by atoms with van der Waals surface area (Å²) in [6, 6.07) is 10.1. The van der Waals surface area contributed by atoms with E-state index in [9.17, 15) is 14.7 Å². The van der Waals surface area contributed by atoms with Crippen molar-refractivity contribution in [1.82, 2.24) is 30.0 Å². The molecule has 7 N–H and O–H groups in total. The quantitative estimate of drug-likeness (QED) is 0.0757. The summed E-state index contributed by atoms with van der Waals surface area (Å²) in [5, 5.41) is 19.1.